The first-order chi connectivity index (χ1) is 15.3. The molecule has 0 atom stereocenters. The summed E-state index contributed by atoms with van der Waals surface area (Å²) in [5, 5.41) is 2.21. The molecule has 0 aliphatic rings. The molecule has 1 aromatic heterocycles. The van der Waals surface area contributed by atoms with Gasteiger partial charge in [-0.15, -0.1) is 0 Å². The van der Waals surface area contributed by atoms with Gasteiger partial charge in [0.05, 0.1) is 7.11 Å². The van der Waals surface area contributed by atoms with Crippen molar-refractivity contribution in [3.05, 3.63) is 76.9 Å². The molecule has 0 spiro atoms. The number of amides is 1. The molecule has 0 unspecified atom stereocenters. The number of methoxy groups -OCH3 is 1. The summed E-state index contributed by atoms with van der Waals surface area (Å²) in [7, 11) is 0.847. The number of nitrogens with zero attached hydrogens (tertiary/aromatic N) is 1. The van der Waals surface area contributed by atoms with Crippen molar-refractivity contribution in [1.29, 1.82) is 0 Å². The molecular formula is C23H16F4N2O3. The van der Waals surface area contributed by atoms with E-state index in [9.17, 15) is 22.4 Å². The van der Waals surface area contributed by atoms with Gasteiger partial charge in [0.2, 0.25) is 17.5 Å². The van der Waals surface area contributed by atoms with Crippen LogP contribution in [0.1, 0.15) is 22.8 Å². The molecule has 0 radical (unpaired) electrons. The van der Waals surface area contributed by atoms with Gasteiger partial charge in [0, 0.05) is 11.3 Å². The molecule has 32 heavy (non-hydrogen) atoms. The van der Waals surface area contributed by atoms with E-state index in [1.54, 1.807) is 0 Å². The first kappa shape index (κ1) is 21.4. The second-order valence-corrected chi connectivity index (χ2v) is 6.87. The van der Waals surface area contributed by atoms with Crippen LogP contribution in [-0.4, -0.2) is 18.0 Å². The number of nitrogens with one attached hydrogen (secondary N) is 1. The van der Waals surface area contributed by atoms with E-state index in [2.05, 4.69) is 15.0 Å². The predicted octanol–water partition coefficient (Wildman–Crippen LogP) is 5.87. The molecule has 1 amide bonds. The zero-order chi connectivity index (χ0) is 23.0. The second-order valence-electron chi connectivity index (χ2n) is 6.87. The number of carbonyl (C=O) groups is 1. The van der Waals surface area contributed by atoms with Gasteiger partial charge in [-0.2, -0.15) is 8.78 Å². The molecule has 1 heterocycles. The molecule has 3 aromatic carbocycles. The predicted molar refractivity (Wildman–Crippen MR) is 110 cm³/mol. The van der Waals surface area contributed by atoms with Crippen molar-refractivity contribution in [1.82, 2.24) is 4.98 Å². The monoisotopic (exact) mass is 444 g/mol. The topological polar surface area (TPSA) is 64.4 Å². The van der Waals surface area contributed by atoms with Gasteiger partial charge in [-0.3, -0.25) is 4.79 Å². The summed E-state index contributed by atoms with van der Waals surface area (Å²) >= 11 is 0. The number of fused-ring (bicyclic) bond motifs is 1. The minimum absolute atomic E-state index is 0.0964. The standard InChI is InChI=1S/C23H16F4N2O3/c1-3-11-4-6-12(7-5-11)23-29-14-10-13(8-9-15(14)32-23)28-22(30)16-17(24)19(26)21(31-2)20(27)18(16)25/h4-10H,3H2,1-2H3,(H,28,30). The highest BCUT2D eigenvalue weighted by Crippen LogP contribution is 2.31. The summed E-state index contributed by atoms with van der Waals surface area (Å²) in [4.78, 5) is 16.7. The zero-order valence-electron chi connectivity index (χ0n) is 16.9. The Kier molecular flexibility index (Phi) is 5.56. The van der Waals surface area contributed by atoms with Crippen LogP contribution in [0.2, 0.25) is 0 Å². The van der Waals surface area contributed by atoms with E-state index in [-0.39, 0.29) is 5.69 Å². The lowest BCUT2D eigenvalue weighted by atomic mass is 10.1. The van der Waals surface area contributed by atoms with Crippen molar-refractivity contribution >= 4 is 22.7 Å². The number of benzene rings is 3. The van der Waals surface area contributed by atoms with Gasteiger partial charge in [0.25, 0.3) is 5.91 Å². The van der Waals surface area contributed by atoms with Crippen LogP contribution in [0.25, 0.3) is 22.6 Å². The molecular weight excluding hydrogens is 428 g/mol. The minimum atomic E-state index is -1.86. The molecule has 0 saturated heterocycles. The third kappa shape index (κ3) is 3.66. The van der Waals surface area contributed by atoms with Crippen LogP contribution in [0.15, 0.2) is 46.9 Å². The van der Waals surface area contributed by atoms with E-state index in [0.717, 1.165) is 24.7 Å². The van der Waals surface area contributed by atoms with Crippen molar-refractivity contribution in [2.45, 2.75) is 13.3 Å². The Morgan fingerprint density at radius 1 is 1.00 bits per heavy atom. The van der Waals surface area contributed by atoms with Crippen molar-refractivity contribution in [2.24, 2.45) is 0 Å². The Labute approximate surface area is 179 Å². The molecule has 164 valence electrons. The highest BCUT2D eigenvalue weighted by molar-refractivity contribution is 6.05. The molecule has 9 heteroatoms. The summed E-state index contributed by atoms with van der Waals surface area (Å²) in [6, 6.07) is 11.9. The van der Waals surface area contributed by atoms with Gasteiger partial charge in [0.1, 0.15) is 11.1 Å². The quantitative estimate of drug-likeness (QED) is 0.309. The van der Waals surface area contributed by atoms with Crippen LogP contribution in [0, 0.1) is 23.3 Å². The number of aryl methyl sites for hydroxylation is 1. The number of anilines is 1. The molecule has 0 bridgehead atoms. The average Bonchev–Trinajstić information content (AvgIpc) is 3.22. The molecule has 4 aromatic rings. The Morgan fingerprint density at radius 2 is 1.66 bits per heavy atom. The smallest absolute Gasteiger partial charge is 0.261 e. The molecule has 0 fully saturated rings. The summed E-state index contributed by atoms with van der Waals surface area (Å²) in [5.41, 5.74) is 1.37. The zero-order valence-corrected chi connectivity index (χ0v) is 16.9. The fraction of sp³-hybridized carbons (Fsp3) is 0.130. The molecule has 0 aliphatic carbocycles. The fourth-order valence-electron chi connectivity index (χ4n) is 3.20. The molecule has 0 saturated carbocycles. The normalized spacial score (nSPS) is 11.1. The highest BCUT2D eigenvalue weighted by Gasteiger charge is 2.30. The van der Waals surface area contributed by atoms with Gasteiger partial charge in [-0.05, 0) is 42.3 Å². The Balaban J connectivity index is 1.64. The van der Waals surface area contributed by atoms with Crippen LogP contribution >= 0.6 is 0 Å². The number of hydrogen-bond acceptors (Lipinski definition) is 4. The van der Waals surface area contributed by atoms with Gasteiger partial charge in [0.15, 0.2) is 23.0 Å². The number of aromatic nitrogens is 1. The van der Waals surface area contributed by atoms with E-state index in [0.29, 0.717) is 17.0 Å². The van der Waals surface area contributed by atoms with Crippen molar-refractivity contribution in [2.75, 3.05) is 12.4 Å². The first-order valence-electron chi connectivity index (χ1n) is 9.55. The Hall–Kier alpha value is -3.88. The fourth-order valence-corrected chi connectivity index (χ4v) is 3.20. The average molecular weight is 444 g/mol. The van der Waals surface area contributed by atoms with Crippen LogP contribution < -0.4 is 10.1 Å². The lowest BCUT2D eigenvalue weighted by Crippen LogP contribution is -2.18. The molecule has 0 aliphatic heterocycles. The molecule has 1 N–H and O–H groups in total. The number of oxazole rings is 1. The van der Waals surface area contributed by atoms with Crippen LogP contribution in [-0.2, 0) is 6.42 Å². The maximum atomic E-state index is 14.2. The SMILES string of the molecule is CCc1ccc(-c2nc3cc(NC(=O)c4c(F)c(F)c(OC)c(F)c4F)ccc3o2)cc1. The number of carbonyl (C=O) groups excluding carboxylic acids is 1. The van der Waals surface area contributed by atoms with E-state index < -0.39 is 40.5 Å². The van der Waals surface area contributed by atoms with E-state index >= 15 is 0 Å². The third-order valence-electron chi connectivity index (χ3n) is 4.91. The largest absolute Gasteiger partial charge is 0.491 e. The summed E-state index contributed by atoms with van der Waals surface area (Å²) in [5.74, 6) is -9.61. The van der Waals surface area contributed by atoms with E-state index in [4.69, 9.17) is 4.42 Å². The number of halogens is 4. The first-order valence-corrected chi connectivity index (χ1v) is 9.55. The van der Waals surface area contributed by atoms with Crippen molar-refractivity contribution in [3.8, 4) is 17.2 Å². The third-order valence-corrected chi connectivity index (χ3v) is 4.91. The lowest BCUT2D eigenvalue weighted by Gasteiger charge is -2.11. The van der Waals surface area contributed by atoms with Gasteiger partial charge >= 0.3 is 0 Å². The second kappa shape index (κ2) is 8.33. The van der Waals surface area contributed by atoms with E-state index in [1.807, 2.05) is 31.2 Å². The van der Waals surface area contributed by atoms with Gasteiger partial charge in [-0.1, -0.05) is 19.1 Å². The summed E-state index contributed by atoms with van der Waals surface area (Å²) in [6.45, 7) is 2.04. The molecule has 4 rings (SSSR count). The van der Waals surface area contributed by atoms with Crippen molar-refractivity contribution in [3.63, 3.8) is 0 Å². The molecule has 5 nitrogen and oxygen atoms in total. The van der Waals surface area contributed by atoms with Crippen molar-refractivity contribution < 1.29 is 31.5 Å². The summed E-state index contributed by atoms with van der Waals surface area (Å²) < 4.78 is 66.2. The maximum absolute atomic E-state index is 14.2. The number of hydrogen-bond donors (Lipinski definition) is 1. The summed E-state index contributed by atoms with van der Waals surface area (Å²) in [6.07, 6.45) is 0.889. The Bertz CT molecular complexity index is 1300. The number of rotatable bonds is 5. The number of ether oxygens (including phenoxy) is 1. The highest BCUT2D eigenvalue weighted by atomic mass is 19.2. The lowest BCUT2D eigenvalue weighted by molar-refractivity contribution is 0.101. The minimum Gasteiger partial charge on any atom is -0.491 e. The van der Waals surface area contributed by atoms with Crippen LogP contribution in [0.5, 0.6) is 5.75 Å². The van der Waals surface area contributed by atoms with Crippen LogP contribution in [0.4, 0.5) is 23.2 Å². The van der Waals surface area contributed by atoms with E-state index in [1.165, 1.54) is 18.2 Å². The Morgan fingerprint density at radius 3 is 2.25 bits per heavy atom. The van der Waals surface area contributed by atoms with Gasteiger partial charge < -0.3 is 14.5 Å². The van der Waals surface area contributed by atoms with Gasteiger partial charge in [-0.25, -0.2) is 13.8 Å². The van der Waals surface area contributed by atoms with Crippen LogP contribution in [0.3, 0.4) is 0 Å². The maximum Gasteiger partial charge on any atom is 0.261 e.